The number of para-hydroxylation sites is 2. The Morgan fingerprint density at radius 1 is 1.07 bits per heavy atom. The molecule has 0 amide bonds. The van der Waals surface area contributed by atoms with Gasteiger partial charge < -0.3 is 30.9 Å². The van der Waals surface area contributed by atoms with Crippen molar-refractivity contribution in [2.45, 2.75) is 44.6 Å². The number of piperidine rings is 1. The van der Waals surface area contributed by atoms with E-state index in [1.165, 1.54) is 17.2 Å². The Hall–Kier alpha value is -1.92. The standard InChI is InChI=1S/C21H31N5O/c1-21(2,27)15-13-14-7-8-18(25-11-9-22-10-12-25)24-19(14)26-17-6-4-3-5-16(17)23-20(15)26/h3-6,8,14-15,19-20,22-24,27H,7,9-13H2,1-2H3/t14-,15+,19+,20-/m0/s1. The largest absolute Gasteiger partial charge is 0.390 e. The van der Waals surface area contributed by atoms with E-state index in [0.717, 1.165) is 39.0 Å². The molecule has 0 unspecified atom stereocenters. The Labute approximate surface area is 161 Å². The van der Waals surface area contributed by atoms with Crippen molar-refractivity contribution >= 4 is 11.4 Å². The predicted octanol–water partition coefficient (Wildman–Crippen LogP) is 1.72. The van der Waals surface area contributed by atoms with Crippen LogP contribution in [0.15, 0.2) is 36.2 Å². The fourth-order valence-corrected chi connectivity index (χ4v) is 5.31. The van der Waals surface area contributed by atoms with Crippen molar-refractivity contribution in [2.75, 3.05) is 36.4 Å². The van der Waals surface area contributed by atoms with Gasteiger partial charge in [-0.1, -0.05) is 12.1 Å². The Kier molecular flexibility index (Phi) is 4.02. The minimum atomic E-state index is -0.717. The summed E-state index contributed by atoms with van der Waals surface area (Å²) >= 11 is 0. The van der Waals surface area contributed by atoms with Gasteiger partial charge >= 0.3 is 0 Å². The Morgan fingerprint density at radius 2 is 1.85 bits per heavy atom. The van der Waals surface area contributed by atoms with Crippen molar-refractivity contribution in [3.8, 4) is 0 Å². The van der Waals surface area contributed by atoms with Crippen molar-refractivity contribution in [3.05, 3.63) is 36.2 Å². The van der Waals surface area contributed by atoms with Crippen LogP contribution in [0.4, 0.5) is 11.4 Å². The summed E-state index contributed by atoms with van der Waals surface area (Å²) in [6.07, 6.45) is 4.85. The van der Waals surface area contributed by atoms with Crippen molar-refractivity contribution in [1.82, 2.24) is 15.5 Å². The zero-order chi connectivity index (χ0) is 18.6. The number of hydrogen-bond acceptors (Lipinski definition) is 6. The highest BCUT2D eigenvalue weighted by molar-refractivity contribution is 5.77. The lowest BCUT2D eigenvalue weighted by Crippen LogP contribution is -2.66. The number of fused-ring (bicyclic) bond motifs is 5. The zero-order valence-electron chi connectivity index (χ0n) is 16.3. The van der Waals surface area contributed by atoms with Crippen LogP contribution in [-0.2, 0) is 0 Å². The Morgan fingerprint density at radius 3 is 2.63 bits per heavy atom. The topological polar surface area (TPSA) is 62.8 Å². The highest BCUT2D eigenvalue weighted by Crippen LogP contribution is 2.48. The first-order valence-electron chi connectivity index (χ1n) is 10.3. The normalized spacial score (nSPS) is 32.6. The number of benzene rings is 1. The van der Waals surface area contributed by atoms with Crippen LogP contribution in [0.5, 0.6) is 0 Å². The molecule has 0 aliphatic carbocycles. The van der Waals surface area contributed by atoms with E-state index in [1.54, 1.807) is 0 Å². The molecular formula is C21H31N5O. The van der Waals surface area contributed by atoms with E-state index in [9.17, 15) is 5.11 Å². The summed E-state index contributed by atoms with van der Waals surface area (Å²) in [6.45, 7) is 8.12. The first-order valence-corrected chi connectivity index (χ1v) is 10.3. The minimum absolute atomic E-state index is 0.124. The molecule has 146 valence electrons. The predicted molar refractivity (Wildman–Crippen MR) is 108 cm³/mol. The third-order valence-electron chi connectivity index (χ3n) is 6.74. The van der Waals surface area contributed by atoms with Gasteiger partial charge in [-0.05, 0) is 44.9 Å². The number of piperazine rings is 1. The van der Waals surface area contributed by atoms with Gasteiger partial charge in [-0.2, -0.15) is 0 Å². The van der Waals surface area contributed by atoms with Gasteiger partial charge in [0.25, 0.3) is 0 Å². The number of aliphatic hydroxyl groups is 1. The zero-order valence-corrected chi connectivity index (χ0v) is 16.3. The molecule has 6 heteroatoms. The molecule has 0 aromatic heterocycles. The SMILES string of the molecule is CC(C)(O)[C@@H]1C[C@@H]2CC=C(N3CCNCC3)N[C@@H]2N2c3ccccc3N[C@H]12. The van der Waals surface area contributed by atoms with Gasteiger partial charge in [-0.15, -0.1) is 0 Å². The van der Waals surface area contributed by atoms with Crippen molar-refractivity contribution in [3.63, 3.8) is 0 Å². The van der Waals surface area contributed by atoms with Gasteiger partial charge in [-0.3, -0.25) is 0 Å². The number of allylic oxidation sites excluding steroid dienone is 1. The summed E-state index contributed by atoms with van der Waals surface area (Å²) in [4.78, 5) is 4.97. The van der Waals surface area contributed by atoms with Gasteiger partial charge in [0.05, 0.1) is 22.8 Å². The smallest absolute Gasteiger partial charge is 0.107 e. The van der Waals surface area contributed by atoms with Crippen LogP contribution >= 0.6 is 0 Å². The molecule has 0 radical (unpaired) electrons. The second kappa shape index (κ2) is 6.31. The van der Waals surface area contributed by atoms with Crippen LogP contribution in [-0.4, -0.2) is 54.1 Å². The number of nitrogens with zero attached hydrogens (tertiary/aromatic N) is 2. The van der Waals surface area contributed by atoms with E-state index in [0.29, 0.717) is 5.92 Å². The van der Waals surface area contributed by atoms with Crippen LogP contribution < -0.4 is 20.9 Å². The lowest BCUT2D eigenvalue weighted by atomic mass is 9.74. The molecule has 4 aliphatic heterocycles. The summed E-state index contributed by atoms with van der Waals surface area (Å²) in [5.41, 5.74) is 1.71. The first-order chi connectivity index (χ1) is 13.0. The molecule has 6 nitrogen and oxygen atoms in total. The lowest BCUT2D eigenvalue weighted by molar-refractivity contribution is -0.0204. The summed E-state index contributed by atoms with van der Waals surface area (Å²) < 4.78 is 0. The summed E-state index contributed by atoms with van der Waals surface area (Å²) in [7, 11) is 0. The van der Waals surface area contributed by atoms with Gasteiger partial charge in [0.2, 0.25) is 0 Å². The number of anilines is 2. The summed E-state index contributed by atoms with van der Waals surface area (Å²) in [5.74, 6) is 1.96. The van der Waals surface area contributed by atoms with Gasteiger partial charge in [0, 0.05) is 38.0 Å². The third kappa shape index (κ3) is 2.86. The minimum Gasteiger partial charge on any atom is -0.390 e. The average molecular weight is 370 g/mol. The molecule has 1 aromatic rings. The van der Waals surface area contributed by atoms with Gasteiger partial charge in [0.1, 0.15) is 12.3 Å². The second-order valence-electron chi connectivity index (χ2n) is 8.92. The number of nitrogens with one attached hydrogen (secondary N) is 3. The molecule has 0 saturated carbocycles. The number of hydrogen-bond donors (Lipinski definition) is 4. The van der Waals surface area contributed by atoms with Gasteiger partial charge in [-0.25, -0.2) is 0 Å². The fourth-order valence-electron chi connectivity index (χ4n) is 5.31. The second-order valence-corrected chi connectivity index (χ2v) is 8.92. The molecule has 5 rings (SSSR count). The third-order valence-corrected chi connectivity index (χ3v) is 6.74. The molecule has 27 heavy (non-hydrogen) atoms. The van der Waals surface area contributed by atoms with Crippen LogP contribution in [0.3, 0.4) is 0 Å². The van der Waals surface area contributed by atoms with Crippen molar-refractivity contribution in [1.29, 1.82) is 0 Å². The lowest BCUT2D eigenvalue weighted by Gasteiger charge is -2.53. The van der Waals surface area contributed by atoms with E-state index >= 15 is 0 Å². The maximum Gasteiger partial charge on any atom is 0.107 e. The molecular weight excluding hydrogens is 338 g/mol. The van der Waals surface area contributed by atoms with Gasteiger partial charge in [0.15, 0.2) is 0 Å². The van der Waals surface area contributed by atoms with Crippen LogP contribution in [0.1, 0.15) is 26.7 Å². The van der Waals surface area contributed by atoms with Crippen molar-refractivity contribution in [2.24, 2.45) is 11.8 Å². The molecule has 4 heterocycles. The molecule has 2 fully saturated rings. The molecule has 4 aliphatic rings. The molecule has 2 saturated heterocycles. The molecule has 0 bridgehead atoms. The van der Waals surface area contributed by atoms with Crippen molar-refractivity contribution < 1.29 is 5.11 Å². The summed E-state index contributed by atoms with van der Waals surface area (Å²) in [6, 6.07) is 8.55. The quantitative estimate of drug-likeness (QED) is 0.637. The Bertz CT molecular complexity index is 736. The van der Waals surface area contributed by atoms with Crippen LogP contribution in [0.25, 0.3) is 0 Å². The maximum absolute atomic E-state index is 10.9. The van der Waals surface area contributed by atoms with E-state index in [-0.39, 0.29) is 18.2 Å². The maximum atomic E-state index is 10.9. The van der Waals surface area contributed by atoms with E-state index in [2.05, 4.69) is 56.1 Å². The molecule has 4 atom stereocenters. The first kappa shape index (κ1) is 17.2. The Balaban J connectivity index is 1.49. The van der Waals surface area contributed by atoms with E-state index in [1.807, 2.05) is 13.8 Å². The molecule has 1 aromatic carbocycles. The highest BCUT2D eigenvalue weighted by Gasteiger charge is 2.51. The highest BCUT2D eigenvalue weighted by atomic mass is 16.3. The number of rotatable bonds is 2. The monoisotopic (exact) mass is 369 g/mol. The average Bonchev–Trinajstić information content (AvgIpc) is 3.06. The summed E-state index contributed by atoms with van der Waals surface area (Å²) in [5, 5.41) is 21.9. The van der Waals surface area contributed by atoms with E-state index < -0.39 is 5.60 Å². The molecule has 0 spiro atoms. The van der Waals surface area contributed by atoms with Crippen LogP contribution in [0, 0.1) is 11.8 Å². The fraction of sp³-hybridized carbons (Fsp3) is 0.619. The van der Waals surface area contributed by atoms with Crippen LogP contribution in [0.2, 0.25) is 0 Å². The molecule has 4 N–H and O–H groups in total. The van der Waals surface area contributed by atoms with E-state index in [4.69, 9.17) is 0 Å².